The number of guanidine groups is 1. The zero-order chi connectivity index (χ0) is 12.8. The lowest BCUT2D eigenvalue weighted by Crippen LogP contribution is -2.39. The molecule has 0 atom stereocenters. The number of hydrogen-bond donors (Lipinski definition) is 3. The molecule has 0 bridgehead atoms. The summed E-state index contributed by atoms with van der Waals surface area (Å²) >= 11 is 3.34. The van der Waals surface area contributed by atoms with Crippen LogP contribution in [0, 0.1) is 6.92 Å². The maximum absolute atomic E-state index is 11.5. The number of carbonyl (C=O) groups excluding carboxylic acids is 1. The van der Waals surface area contributed by atoms with Crippen molar-refractivity contribution in [3.8, 4) is 0 Å². The molecule has 1 rings (SSSR count). The molecule has 92 valence electrons. The quantitative estimate of drug-likeness (QED) is 0.442. The number of halogens is 1. The summed E-state index contributed by atoms with van der Waals surface area (Å²) in [6, 6.07) is 5.10. The summed E-state index contributed by atoms with van der Waals surface area (Å²) in [6.45, 7) is 1.88. The van der Waals surface area contributed by atoms with Crippen molar-refractivity contribution >= 4 is 33.6 Å². The molecule has 1 aromatic carbocycles. The van der Waals surface area contributed by atoms with E-state index < -0.39 is 6.03 Å². The summed E-state index contributed by atoms with van der Waals surface area (Å²) in [6.07, 6.45) is 0. The van der Waals surface area contributed by atoms with Gasteiger partial charge in [-0.15, -0.1) is 0 Å². The van der Waals surface area contributed by atoms with Crippen molar-refractivity contribution < 1.29 is 9.63 Å². The SMILES string of the molecule is CO/N=C(\N)NC(=O)Nc1c(C)cccc1Br. The van der Waals surface area contributed by atoms with Crippen LogP contribution in [0.5, 0.6) is 0 Å². The Bertz CT molecular complexity index is 428. The molecule has 0 spiro atoms. The highest BCUT2D eigenvalue weighted by Gasteiger charge is 2.08. The largest absolute Gasteiger partial charge is 0.396 e. The minimum atomic E-state index is -0.488. The van der Waals surface area contributed by atoms with Crippen molar-refractivity contribution in [1.82, 2.24) is 5.32 Å². The molecule has 4 N–H and O–H groups in total. The first-order valence-corrected chi connectivity index (χ1v) is 5.53. The van der Waals surface area contributed by atoms with Crippen molar-refractivity contribution in [3.05, 3.63) is 28.2 Å². The second-order valence-corrected chi connectivity index (χ2v) is 4.02. The fourth-order valence-electron chi connectivity index (χ4n) is 1.17. The standard InChI is InChI=1S/C10H13BrN4O2/c1-6-4-3-5-7(11)8(6)13-10(16)14-9(12)15-17-2/h3-5H,1-2H3,(H4,12,13,14,15,16). The Morgan fingerprint density at radius 1 is 1.53 bits per heavy atom. The van der Waals surface area contributed by atoms with Gasteiger partial charge < -0.3 is 15.9 Å². The van der Waals surface area contributed by atoms with Crippen molar-refractivity contribution in [2.24, 2.45) is 10.9 Å². The van der Waals surface area contributed by atoms with E-state index in [0.717, 1.165) is 10.0 Å². The number of anilines is 1. The monoisotopic (exact) mass is 300 g/mol. The first-order valence-electron chi connectivity index (χ1n) is 4.74. The highest BCUT2D eigenvalue weighted by atomic mass is 79.9. The summed E-state index contributed by atoms with van der Waals surface area (Å²) in [5, 5.41) is 8.33. The van der Waals surface area contributed by atoms with E-state index in [0.29, 0.717) is 5.69 Å². The van der Waals surface area contributed by atoms with E-state index in [4.69, 9.17) is 5.73 Å². The Labute approximate surface area is 107 Å². The topological polar surface area (TPSA) is 88.7 Å². The second-order valence-electron chi connectivity index (χ2n) is 3.17. The van der Waals surface area contributed by atoms with E-state index in [9.17, 15) is 4.79 Å². The first-order chi connectivity index (χ1) is 8.04. The van der Waals surface area contributed by atoms with Crippen LogP contribution >= 0.6 is 15.9 Å². The van der Waals surface area contributed by atoms with Crippen molar-refractivity contribution in [2.75, 3.05) is 12.4 Å². The van der Waals surface area contributed by atoms with E-state index in [1.807, 2.05) is 25.1 Å². The van der Waals surface area contributed by atoms with Gasteiger partial charge in [-0.1, -0.05) is 12.1 Å². The number of oxime groups is 1. The normalized spacial score (nSPS) is 10.9. The van der Waals surface area contributed by atoms with E-state index >= 15 is 0 Å². The van der Waals surface area contributed by atoms with E-state index in [1.165, 1.54) is 7.11 Å². The van der Waals surface area contributed by atoms with Gasteiger partial charge in [-0.05, 0) is 39.6 Å². The Hall–Kier alpha value is -1.76. The van der Waals surface area contributed by atoms with Crippen LogP contribution in [0.1, 0.15) is 5.56 Å². The van der Waals surface area contributed by atoms with Gasteiger partial charge in [0.1, 0.15) is 7.11 Å². The Balaban J connectivity index is 2.72. The lowest BCUT2D eigenvalue weighted by Gasteiger charge is -2.10. The van der Waals surface area contributed by atoms with Gasteiger partial charge in [0.15, 0.2) is 0 Å². The van der Waals surface area contributed by atoms with Gasteiger partial charge in [0.05, 0.1) is 5.69 Å². The summed E-state index contributed by atoms with van der Waals surface area (Å²) in [7, 11) is 1.34. The van der Waals surface area contributed by atoms with Crippen molar-refractivity contribution in [3.63, 3.8) is 0 Å². The lowest BCUT2D eigenvalue weighted by molar-refractivity contribution is 0.211. The molecule has 0 saturated heterocycles. The highest BCUT2D eigenvalue weighted by Crippen LogP contribution is 2.25. The molecule has 0 aliphatic carbocycles. The van der Waals surface area contributed by atoms with Crippen LogP contribution < -0.4 is 16.4 Å². The number of benzene rings is 1. The number of nitrogens with one attached hydrogen (secondary N) is 2. The lowest BCUT2D eigenvalue weighted by atomic mass is 10.2. The number of rotatable bonds is 2. The molecule has 2 amide bonds. The fraction of sp³-hybridized carbons (Fsp3) is 0.200. The number of urea groups is 1. The minimum Gasteiger partial charge on any atom is -0.396 e. The van der Waals surface area contributed by atoms with Gasteiger partial charge in [-0.2, -0.15) is 0 Å². The number of para-hydroxylation sites is 1. The fourth-order valence-corrected chi connectivity index (χ4v) is 1.74. The molecule has 17 heavy (non-hydrogen) atoms. The number of nitrogens with two attached hydrogens (primary N) is 1. The molecular formula is C10H13BrN4O2. The molecule has 0 aliphatic rings. The highest BCUT2D eigenvalue weighted by molar-refractivity contribution is 9.10. The molecule has 0 radical (unpaired) electrons. The molecule has 7 heteroatoms. The van der Waals surface area contributed by atoms with Crippen LogP contribution in [0.4, 0.5) is 10.5 Å². The van der Waals surface area contributed by atoms with Gasteiger partial charge in [0.2, 0.25) is 5.96 Å². The molecule has 0 fully saturated rings. The van der Waals surface area contributed by atoms with Crippen LogP contribution in [0.25, 0.3) is 0 Å². The predicted octanol–water partition coefficient (Wildman–Crippen LogP) is 1.76. The molecule has 6 nitrogen and oxygen atoms in total. The first kappa shape index (κ1) is 13.3. The van der Waals surface area contributed by atoms with Gasteiger partial charge in [-0.3, -0.25) is 5.32 Å². The third kappa shape index (κ3) is 3.95. The number of amides is 2. The van der Waals surface area contributed by atoms with Crippen molar-refractivity contribution in [2.45, 2.75) is 6.92 Å². The Kier molecular flexibility index (Phi) is 4.77. The summed E-state index contributed by atoms with van der Waals surface area (Å²) in [4.78, 5) is 16.0. The van der Waals surface area contributed by atoms with Crippen LogP contribution in [-0.2, 0) is 4.84 Å². The van der Waals surface area contributed by atoms with Crippen molar-refractivity contribution in [1.29, 1.82) is 0 Å². The van der Waals surface area contributed by atoms with Gasteiger partial charge >= 0.3 is 6.03 Å². The third-order valence-electron chi connectivity index (χ3n) is 1.89. The smallest absolute Gasteiger partial charge is 0.326 e. The zero-order valence-electron chi connectivity index (χ0n) is 9.45. The predicted molar refractivity (Wildman–Crippen MR) is 69.7 cm³/mol. The van der Waals surface area contributed by atoms with Gasteiger partial charge in [0, 0.05) is 4.47 Å². The van der Waals surface area contributed by atoms with Gasteiger partial charge in [0.25, 0.3) is 0 Å². The molecular weight excluding hydrogens is 288 g/mol. The van der Waals surface area contributed by atoms with Crippen LogP contribution in [-0.4, -0.2) is 19.1 Å². The van der Waals surface area contributed by atoms with Crippen LogP contribution in [0.15, 0.2) is 27.8 Å². The van der Waals surface area contributed by atoms with E-state index in [-0.39, 0.29) is 5.96 Å². The average molecular weight is 301 g/mol. The molecule has 1 aromatic rings. The molecule has 0 aromatic heterocycles. The number of aryl methyl sites for hydroxylation is 1. The van der Waals surface area contributed by atoms with E-state index in [2.05, 4.69) is 36.6 Å². The molecule has 0 saturated carbocycles. The number of hydrogen-bond acceptors (Lipinski definition) is 3. The molecule has 0 heterocycles. The molecule has 0 unspecified atom stereocenters. The summed E-state index contributed by atoms with van der Waals surface area (Å²) in [5.41, 5.74) is 6.96. The maximum atomic E-state index is 11.5. The number of carbonyl (C=O) groups is 1. The summed E-state index contributed by atoms with van der Waals surface area (Å²) < 4.78 is 0.787. The average Bonchev–Trinajstić information content (AvgIpc) is 2.24. The zero-order valence-corrected chi connectivity index (χ0v) is 11.0. The number of nitrogens with zero attached hydrogens (tertiary/aromatic N) is 1. The summed E-state index contributed by atoms with van der Waals surface area (Å²) in [5.74, 6) is -0.116. The second kappa shape index (κ2) is 6.09. The third-order valence-corrected chi connectivity index (χ3v) is 2.55. The Morgan fingerprint density at radius 3 is 2.82 bits per heavy atom. The van der Waals surface area contributed by atoms with Crippen LogP contribution in [0.2, 0.25) is 0 Å². The van der Waals surface area contributed by atoms with Crippen LogP contribution in [0.3, 0.4) is 0 Å². The maximum Gasteiger partial charge on any atom is 0.326 e. The Morgan fingerprint density at radius 2 is 2.24 bits per heavy atom. The minimum absolute atomic E-state index is 0.116. The van der Waals surface area contributed by atoms with Gasteiger partial charge in [-0.25, -0.2) is 4.79 Å². The van der Waals surface area contributed by atoms with E-state index in [1.54, 1.807) is 0 Å². The molecule has 0 aliphatic heterocycles.